The van der Waals surface area contributed by atoms with Crippen molar-refractivity contribution in [1.82, 2.24) is 10.3 Å². The van der Waals surface area contributed by atoms with Crippen LogP contribution >= 0.6 is 11.3 Å². The minimum absolute atomic E-state index is 0.000871. The summed E-state index contributed by atoms with van der Waals surface area (Å²) >= 11 is 1.63. The lowest BCUT2D eigenvalue weighted by Crippen LogP contribution is -2.27. The van der Waals surface area contributed by atoms with Crippen molar-refractivity contribution in [3.05, 3.63) is 46.4 Å². The van der Waals surface area contributed by atoms with E-state index in [4.69, 9.17) is 0 Å². The van der Waals surface area contributed by atoms with E-state index in [1.165, 1.54) is 0 Å². The van der Waals surface area contributed by atoms with Gasteiger partial charge in [-0.25, -0.2) is 0 Å². The Morgan fingerprint density at radius 3 is 3.00 bits per heavy atom. The first-order valence-electron chi connectivity index (χ1n) is 6.73. The van der Waals surface area contributed by atoms with Crippen LogP contribution in [0, 0.1) is 0 Å². The molecule has 0 fully saturated rings. The van der Waals surface area contributed by atoms with Gasteiger partial charge in [0.2, 0.25) is 0 Å². The van der Waals surface area contributed by atoms with Crippen molar-refractivity contribution in [1.29, 1.82) is 0 Å². The molecule has 0 spiro atoms. The van der Waals surface area contributed by atoms with Gasteiger partial charge < -0.3 is 10.6 Å². The van der Waals surface area contributed by atoms with E-state index in [1.807, 2.05) is 23.8 Å². The molecule has 0 aliphatic heterocycles. The molecule has 0 aromatic carbocycles. The standard InChI is InChI=1S/C15H19N3OS/c1-3-6-17-14-9-16-7-4-13(14)15(19)18-11(2)12-5-8-20-10-12/h4-5,7-11,17H,3,6H2,1-2H3,(H,18,19). The summed E-state index contributed by atoms with van der Waals surface area (Å²) in [7, 11) is 0. The summed E-state index contributed by atoms with van der Waals surface area (Å²) in [4.78, 5) is 16.4. The highest BCUT2D eigenvalue weighted by Crippen LogP contribution is 2.18. The molecule has 4 nitrogen and oxygen atoms in total. The van der Waals surface area contributed by atoms with E-state index in [1.54, 1.807) is 29.8 Å². The maximum Gasteiger partial charge on any atom is 0.253 e. The zero-order chi connectivity index (χ0) is 14.4. The third-order valence-corrected chi connectivity index (χ3v) is 3.72. The number of amides is 1. The Morgan fingerprint density at radius 2 is 2.30 bits per heavy atom. The van der Waals surface area contributed by atoms with Crippen molar-refractivity contribution in [2.45, 2.75) is 26.3 Å². The fraction of sp³-hybridized carbons (Fsp3) is 0.333. The Kier molecular flexibility index (Phi) is 5.12. The van der Waals surface area contributed by atoms with E-state index in [2.05, 4.69) is 22.5 Å². The number of carbonyl (C=O) groups excluding carboxylic acids is 1. The van der Waals surface area contributed by atoms with Crippen molar-refractivity contribution < 1.29 is 4.79 Å². The zero-order valence-electron chi connectivity index (χ0n) is 11.7. The van der Waals surface area contributed by atoms with Crippen LogP contribution in [0.5, 0.6) is 0 Å². The topological polar surface area (TPSA) is 54.0 Å². The number of hydrogen-bond acceptors (Lipinski definition) is 4. The molecule has 2 heterocycles. The van der Waals surface area contributed by atoms with Crippen LogP contribution in [0.1, 0.15) is 42.2 Å². The fourth-order valence-corrected chi connectivity index (χ4v) is 2.63. The summed E-state index contributed by atoms with van der Waals surface area (Å²) in [5, 5.41) is 10.3. The fourth-order valence-electron chi connectivity index (χ4n) is 1.87. The van der Waals surface area contributed by atoms with Crippen molar-refractivity contribution >= 4 is 22.9 Å². The Hall–Kier alpha value is -1.88. The highest BCUT2D eigenvalue weighted by molar-refractivity contribution is 7.07. The Labute approximate surface area is 123 Å². The second kappa shape index (κ2) is 7.05. The number of rotatable bonds is 6. The molecule has 0 radical (unpaired) electrons. The Balaban J connectivity index is 2.09. The predicted molar refractivity (Wildman–Crippen MR) is 83.2 cm³/mol. The van der Waals surface area contributed by atoms with Gasteiger partial charge in [-0.3, -0.25) is 9.78 Å². The summed E-state index contributed by atoms with van der Waals surface area (Å²) in [5.41, 5.74) is 2.54. The van der Waals surface area contributed by atoms with Crippen LogP contribution in [-0.4, -0.2) is 17.4 Å². The first-order chi connectivity index (χ1) is 9.72. The average Bonchev–Trinajstić information content (AvgIpc) is 2.99. The van der Waals surface area contributed by atoms with Crippen molar-refractivity contribution in [2.24, 2.45) is 0 Å². The first kappa shape index (κ1) is 14.5. The van der Waals surface area contributed by atoms with Crippen molar-refractivity contribution in [3.63, 3.8) is 0 Å². The SMILES string of the molecule is CCCNc1cnccc1C(=O)NC(C)c1ccsc1. The van der Waals surface area contributed by atoms with E-state index in [0.29, 0.717) is 5.56 Å². The van der Waals surface area contributed by atoms with Gasteiger partial charge in [-0.15, -0.1) is 0 Å². The van der Waals surface area contributed by atoms with Crippen LogP contribution in [0.25, 0.3) is 0 Å². The molecule has 0 saturated heterocycles. The van der Waals surface area contributed by atoms with Crippen molar-refractivity contribution in [2.75, 3.05) is 11.9 Å². The van der Waals surface area contributed by atoms with E-state index in [-0.39, 0.29) is 11.9 Å². The number of carbonyl (C=O) groups is 1. The van der Waals surface area contributed by atoms with E-state index >= 15 is 0 Å². The molecule has 1 amide bonds. The lowest BCUT2D eigenvalue weighted by atomic mass is 10.1. The quantitative estimate of drug-likeness (QED) is 0.856. The maximum absolute atomic E-state index is 12.4. The number of aromatic nitrogens is 1. The van der Waals surface area contributed by atoms with Gasteiger partial charge in [-0.1, -0.05) is 6.92 Å². The third kappa shape index (κ3) is 3.57. The smallest absolute Gasteiger partial charge is 0.253 e. The molecule has 1 unspecified atom stereocenters. The van der Waals surface area contributed by atoms with Gasteiger partial charge in [0.15, 0.2) is 0 Å². The van der Waals surface area contributed by atoms with Crippen LogP contribution < -0.4 is 10.6 Å². The second-order valence-electron chi connectivity index (χ2n) is 4.60. The van der Waals surface area contributed by atoms with Crippen LogP contribution in [0.4, 0.5) is 5.69 Å². The number of thiophene rings is 1. The Morgan fingerprint density at radius 1 is 1.45 bits per heavy atom. The van der Waals surface area contributed by atoms with Crippen LogP contribution in [-0.2, 0) is 0 Å². The van der Waals surface area contributed by atoms with Gasteiger partial charge in [0, 0.05) is 12.7 Å². The number of pyridine rings is 1. The summed E-state index contributed by atoms with van der Waals surface area (Å²) in [6.45, 7) is 4.90. The minimum Gasteiger partial charge on any atom is -0.383 e. The molecule has 20 heavy (non-hydrogen) atoms. The molecule has 1 atom stereocenters. The van der Waals surface area contributed by atoms with Gasteiger partial charge in [0.1, 0.15) is 0 Å². The van der Waals surface area contributed by atoms with Crippen LogP contribution in [0.3, 0.4) is 0 Å². The van der Waals surface area contributed by atoms with Gasteiger partial charge in [-0.2, -0.15) is 11.3 Å². The van der Waals surface area contributed by atoms with Crippen molar-refractivity contribution in [3.8, 4) is 0 Å². The normalized spacial score (nSPS) is 11.9. The zero-order valence-corrected chi connectivity index (χ0v) is 12.5. The number of anilines is 1. The maximum atomic E-state index is 12.4. The largest absolute Gasteiger partial charge is 0.383 e. The first-order valence-corrected chi connectivity index (χ1v) is 7.67. The molecule has 5 heteroatoms. The number of hydrogen-bond donors (Lipinski definition) is 2. The second-order valence-corrected chi connectivity index (χ2v) is 5.38. The molecule has 0 aliphatic rings. The summed E-state index contributed by atoms with van der Waals surface area (Å²) in [5.74, 6) is -0.0790. The summed E-state index contributed by atoms with van der Waals surface area (Å²) in [6.07, 6.45) is 4.34. The number of nitrogens with zero attached hydrogens (tertiary/aromatic N) is 1. The molecular weight excluding hydrogens is 270 g/mol. The summed E-state index contributed by atoms with van der Waals surface area (Å²) < 4.78 is 0. The van der Waals surface area contributed by atoms with Gasteiger partial charge in [0.05, 0.1) is 23.5 Å². The molecular formula is C15H19N3OS. The minimum atomic E-state index is -0.0790. The summed E-state index contributed by atoms with van der Waals surface area (Å²) in [6, 6.07) is 3.77. The van der Waals surface area contributed by atoms with E-state index < -0.39 is 0 Å². The van der Waals surface area contributed by atoms with Gasteiger partial charge >= 0.3 is 0 Å². The van der Waals surface area contributed by atoms with E-state index in [0.717, 1.165) is 24.2 Å². The van der Waals surface area contributed by atoms with Gasteiger partial charge in [-0.05, 0) is 41.8 Å². The molecule has 2 aromatic rings. The van der Waals surface area contributed by atoms with E-state index in [9.17, 15) is 4.79 Å². The lowest BCUT2D eigenvalue weighted by molar-refractivity contribution is 0.0940. The molecule has 2 rings (SSSR count). The average molecular weight is 289 g/mol. The molecule has 0 saturated carbocycles. The number of nitrogens with one attached hydrogen (secondary N) is 2. The Bertz CT molecular complexity index is 554. The monoisotopic (exact) mass is 289 g/mol. The van der Waals surface area contributed by atoms with Gasteiger partial charge in [0.25, 0.3) is 5.91 Å². The predicted octanol–water partition coefficient (Wildman–Crippen LogP) is 3.46. The highest BCUT2D eigenvalue weighted by atomic mass is 32.1. The van der Waals surface area contributed by atoms with Crippen LogP contribution in [0.2, 0.25) is 0 Å². The molecule has 106 valence electrons. The lowest BCUT2D eigenvalue weighted by Gasteiger charge is -2.15. The highest BCUT2D eigenvalue weighted by Gasteiger charge is 2.14. The molecule has 0 bridgehead atoms. The molecule has 2 N–H and O–H groups in total. The molecule has 2 aromatic heterocycles. The third-order valence-electron chi connectivity index (χ3n) is 3.02. The van der Waals surface area contributed by atoms with Crippen LogP contribution in [0.15, 0.2) is 35.3 Å². The molecule has 0 aliphatic carbocycles.